The minimum absolute atomic E-state index is 0.0606. The van der Waals surface area contributed by atoms with Crippen molar-refractivity contribution in [2.45, 2.75) is 52.1 Å². The van der Waals surface area contributed by atoms with Crippen molar-refractivity contribution in [3.05, 3.63) is 68.8 Å². The van der Waals surface area contributed by atoms with Crippen molar-refractivity contribution < 1.29 is 19.7 Å². The van der Waals surface area contributed by atoms with Crippen LogP contribution >= 0.6 is 0 Å². The third-order valence-corrected chi connectivity index (χ3v) is 5.01. The van der Waals surface area contributed by atoms with Gasteiger partial charge in [-0.2, -0.15) is 0 Å². The Kier molecular flexibility index (Phi) is 6.99. The van der Waals surface area contributed by atoms with Gasteiger partial charge in [-0.05, 0) is 24.5 Å². The molecule has 0 saturated heterocycles. The molecule has 27 heavy (non-hydrogen) atoms. The molecule has 2 aromatic rings. The molecule has 0 fully saturated rings. The van der Waals surface area contributed by atoms with Crippen molar-refractivity contribution >= 4 is 6.08 Å². The summed E-state index contributed by atoms with van der Waals surface area (Å²) in [6, 6.07) is 7.35. The zero-order valence-corrected chi connectivity index (χ0v) is 16.3. The molecule has 5 heteroatoms. The fraction of sp³-hybridized carbons (Fsp3) is 0.409. The minimum Gasteiger partial charge on any atom is -0.507 e. The first-order chi connectivity index (χ1) is 12.8. The summed E-state index contributed by atoms with van der Waals surface area (Å²) in [6.07, 6.45) is 3.04. The average Bonchev–Trinajstić information content (AvgIpc) is 2.64. The van der Waals surface area contributed by atoms with Crippen LogP contribution in [0.1, 0.15) is 60.6 Å². The highest BCUT2D eigenvalue weighted by molar-refractivity contribution is 5.56. The van der Waals surface area contributed by atoms with Gasteiger partial charge in [0.15, 0.2) is 0 Å². The molecule has 0 aliphatic carbocycles. The van der Waals surface area contributed by atoms with Gasteiger partial charge in [0.05, 0.1) is 18.3 Å². The Labute approximate surface area is 159 Å². The topological polar surface area (TPSA) is 90.9 Å². The lowest BCUT2D eigenvalue weighted by atomic mass is 9.84. The van der Waals surface area contributed by atoms with Crippen molar-refractivity contribution in [1.82, 2.24) is 0 Å². The van der Waals surface area contributed by atoms with Crippen molar-refractivity contribution in [1.29, 1.82) is 0 Å². The lowest BCUT2D eigenvalue weighted by Gasteiger charge is -2.26. The standard InChI is InChI=1S/C22H28O5/c1-5-17-19(24)12-20(27-22(17)26)15(4)21(25)14(3)18-9-8-13(2)11-16(18)7-6-10-23/h6-9,11-12,14-15,21,23-25H,5,10H2,1-4H3/b7-6+/t14-,15+,21+/m0/s1. The SMILES string of the molecule is CCc1c(O)cc([C@@H](C)[C@H](O)[C@@H](C)c2ccc(C)cc2/C=C/CO)oc1=O. The van der Waals surface area contributed by atoms with Gasteiger partial charge in [-0.3, -0.25) is 0 Å². The summed E-state index contributed by atoms with van der Waals surface area (Å²) in [7, 11) is 0. The molecular weight excluding hydrogens is 344 g/mol. The average molecular weight is 372 g/mol. The van der Waals surface area contributed by atoms with Crippen LogP contribution in [-0.2, 0) is 6.42 Å². The molecule has 2 rings (SSSR count). The second kappa shape index (κ2) is 9.02. The highest BCUT2D eigenvalue weighted by Gasteiger charge is 2.28. The molecule has 1 heterocycles. The van der Waals surface area contributed by atoms with Crippen LogP contribution in [0, 0.1) is 6.92 Å². The van der Waals surface area contributed by atoms with Crippen LogP contribution < -0.4 is 5.63 Å². The zero-order chi connectivity index (χ0) is 20.1. The molecule has 3 N–H and O–H groups in total. The highest BCUT2D eigenvalue weighted by atomic mass is 16.4. The number of aromatic hydroxyl groups is 1. The van der Waals surface area contributed by atoms with Crippen LogP contribution in [0.4, 0.5) is 0 Å². The molecular formula is C22H28O5. The van der Waals surface area contributed by atoms with Crippen LogP contribution in [0.2, 0.25) is 0 Å². The molecule has 0 saturated carbocycles. The first-order valence-corrected chi connectivity index (χ1v) is 9.22. The van der Waals surface area contributed by atoms with Gasteiger partial charge in [0.25, 0.3) is 0 Å². The Bertz CT molecular complexity index is 865. The molecule has 0 amide bonds. The zero-order valence-electron chi connectivity index (χ0n) is 16.3. The largest absolute Gasteiger partial charge is 0.507 e. The number of aliphatic hydroxyl groups excluding tert-OH is 2. The number of rotatable bonds is 7. The van der Waals surface area contributed by atoms with Crippen LogP contribution in [-0.4, -0.2) is 28.0 Å². The number of hydrogen-bond donors (Lipinski definition) is 3. The summed E-state index contributed by atoms with van der Waals surface area (Å²) in [5.74, 6) is -0.580. The Morgan fingerprint density at radius 2 is 1.89 bits per heavy atom. The van der Waals surface area contributed by atoms with E-state index >= 15 is 0 Å². The van der Waals surface area contributed by atoms with E-state index < -0.39 is 17.6 Å². The molecule has 0 spiro atoms. The molecule has 0 unspecified atom stereocenters. The summed E-state index contributed by atoms with van der Waals surface area (Å²) < 4.78 is 5.34. The predicted molar refractivity (Wildman–Crippen MR) is 106 cm³/mol. The van der Waals surface area contributed by atoms with Gasteiger partial charge < -0.3 is 19.7 Å². The molecule has 1 aromatic heterocycles. The lowest BCUT2D eigenvalue weighted by molar-refractivity contribution is 0.114. The monoisotopic (exact) mass is 372 g/mol. The van der Waals surface area contributed by atoms with E-state index in [-0.39, 0.29) is 29.6 Å². The van der Waals surface area contributed by atoms with E-state index in [1.807, 2.05) is 38.1 Å². The Hall–Kier alpha value is -2.37. The summed E-state index contributed by atoms with van der Waals surface area (Å²) in [4.78, 5) is 12.0. The van der Waals surface area contributed by atoms with E-state index in [0.717, 1.165) is 16.7 Å². The molecule has 0 aliphatic heterocycles. The minimum atomic E-state index is -0.830. The van der Waals surface area contributed by atoms with Crippen LogP contribution in [0.5, 0.6) is 5.75 Å². The molecule has 3 atom stereocenters. The lowest BCUT2D eigenvalue weighted by Crippen LogP contribution is -2.24. The van der Waals surface area contributed by atoms with Crippen LogP contribution in [0.25, 0.3) is 6.08 Å². The molecule has 0 bridgehead atoms. The second-order valence-corrected chi connectivity index (χ2v) is 6.94. The van der Waals surface area contributed by atoms with Gasteiger partial charge >= 0.3 is 5.63 Å². The van der Waals surface area contributed by atoms with Crippen molar-refractivity contribution in [3.8, 4) is 5.75 Å². The number of aliphatic hydroxyl groups is 2. The molecule has 0 radical (unpaired) electrons. The Morgan fingerprint density at radius 1 is 1.19 bits per heavy atom. The molecule has 1 aromatic carbocycles. The van der Waals surface area contributed by atoms with E-state index in [4.69, 9.17) is 9.52 Å². The van der Waals surface area contributed by atoms with Crippen molar-refractivity contribution in [3.63, 3.8) is 0 Å². The van der Waals surface area contributed by atoms with Crippen molar-refractivity contribution in [2.24, 2.45) is 0 Å². The first kappa shape index (κ1) is 20.9. The van der Waals surface area contributed by atoms with Crippen LogP contribution in [0.15, 0.2) is 39.6 Å². The van der Waals surface area contributed by atoms with E-state index in [1.54, 1.807) is 19.9 Å². The van der Waals surface area contributed by atoms with E-state index in [9.17, 15) is 15.0 Å². The van der Waals surface area contributed by atoms with Gasteiger partial charge in [0.2, 0.25) is 0 Å². The predicted octanol–water partition coefficient (Wildman–Crippen LogP) is 3.49. The molecule has 5 nitrogen and oxygen atoms in total. The summed E-state index contributed by atoms with van der Waals surface area (Å²) in [5.41, 5.74) is 2.61. The summed E-state index contributed by atoms with van der Waals surface area (Å²) >= 11 is 0. The normalized spacial score (nSPS) is 15.0. The third kappa shape index (κ3) is 4.67. The molecule has 0 aliphatic rings. The van der Waals surface area contributed by atoms with Gasteiger partial charge in [0.1, 0.15) is 11.5 Å². The first-order valence-electron chi connectivity index (χ1n) is 9.22. The fourth-order valence-electron chi connectivity index (χ4n) is 3.29. The number of hydrogen-bond acceptors (Lipinski definition) is 5. The van der Waals surface area contributed by atoms with E-state index in [1.165, 1.54) is 6.07 Å². The second-order valence-electron chi connectivity index (χ2n) is 6.94. The van der Waals surface area contributed by atoms with Gasteiger partial charge in [-0.25, -0.2) is 4.79 Å². The maximum Gasteiger partial charge on any atom is 0.342 e. The quantitative estimate of drug-likeness (QED) is 0.692. The van der Waals surface area contributed by atoms with Gasteiger partial charge in [-0.15, -0.1) is 0 Å². The van der Waals surface area contributed by atoms with Gasteiger partial charge in [-0.1, -0.05) is 56.7 Å². The maximum absolute atomic E-state index is 12.0. The smallest absolute Gasteiger partial charge is 0.342 e. The highest BCUT2D eigenvalue weighted by Crippen LogP contribution is 2.33. The fourth-order valence-corrected chi connectivity index (χ4v) is 3.29. The van der Waals surface area contributed by atoms with Crippen LogP contribution in [0.3, 0.4) is 0 Å². The summed E-state index contributed by atoms with van der Waals surface area (Å²) in [5, 5.41) is 30.0. The Morgan fingerprint density at radius 3 is 2.48 bits per heavy atom. The Balaban J connectivity index is 2.36. The van der Waals surface area contributed by atoms with E-state index in [0.29, 0.717) is 6.42 Å². The number of benzene rings is 1. The summed E-state index contributed by atoms with van der Waals surface area (Å²) in [6.45, 7) is 7.36. The van der Waals surface area contributed by atoms with Crippen molar-refractivity contribution in [2.75, 3.05) is 6.61 Å². The number of aryl methyl sites for hydroxylation is 1. The maximum atomic E-state index is 12.0. The molecule has 146 valence electrons. The van der Waals surface area contributed by atoms with E-state index in [2.05, 4.69) is 0 Å². The third-order valence-electron chi connectivity index (χ3n) is 5.01. The van der Waals surface area contributed by atoms with Gasteiger partial charge in [0, 0.05) is 17.9 Å².